The Bertz CT molecular complexity index is 524. The molecular weight excluding hydrogens is 291 g/mol. The maximum atomic E-state index is 11.8. The van der Waals surface area contributed by atoms with Crippen LogP contribution in [0.4, 0.5) is 5.69 Å². The summed E-state index contributed by atoms with van der Waals surface area (Å²) < 4.78 is 0. The number of halogens is 2. The molecule has 1 aromatic carbocycles. The Hall–Kier alpha value is -1.30. The van der Waals surface area contributed by atoms with Crippen LogP contribution in [0.15, 0.2) is 12.1 Å². The molecule has 5 nitrogen and oxygen atoms in total. The largest absolute Gasteiger partial charge is 0.478 e. The molecule has 1 aromatic rings. The van der Waals surface area contributed by atoms with Gasteiger partial charge in [0.1, 0.15) is 0 Å². The molecule has 0 aliphatic rings. The van der Waals surface area contributed by atoms with E-state index in [2.05, 4.69) is 5.32 Å². The van der Waals surface area contributed by atoms with Crippen LogP contribution >= 0.6 is 23.2 Å². The van der Waals surface area contributed by atoms with Crippen LogP contribution in [0.1, 0.15) is 30.6 Å². The summed E-state index contributed by atoms with van der Waals surface area (Å²) in [4.78, 5) is 22.9. The quantitative estimate of drug-likeness (QED) is 0.797. The maximum Gasteiger partial charge on any atom is 0.337 e. The number of carbonyl (C=O) groups excluding carboxylic acids is 1. The van der Waals surface area contributed by atoms with E-state index in [9.17, 15) is 9.59 Å². The normalized spacial score (nSPS) is 11.2. The fraction of sp³-hybridized carbons (Fsp3) is 0.333. The Balaban J connectivity index is 3.07. The minimum Gasteiger partial charge on any atom is -0.478 e. The zero-order valence-electron chi connectivity index (χ0n) is 10.5. The number of nitrogens with one attached hydrogen (secondary N) is 1. The first-order valence-corrected chi connectivity index (χ1v) is 6.17. The summed E-state index contributed by atoms with van der Waals surface area (Å²) in [5.74, 6) is -1.65. The van der Waals surface area contributed by atoms with Crippen LogP contribution in [0.5, 0.6) is 0 Å². The minimum atomic E-state index is -1.23. The fourth-order valence-electron chi connectivity index (χ4n) is 1.47. The average molecular weight is 305 g/mol. The standard InChI is InChI=1S/C12H14Cl2N2O3/c1-12(2,15)5-9(17)16-10-7(11(18)19)3-6(13)4-8(10)14/h3-4H,5,15H2,1-2H3,(H,16,17)(H,18,19). The molecular formula is C12H14Cl2N2O3. The Morgan fingerprint density at radius 2 is 1.95 bits per heavy atom. The van der Waals surface area contributed by atoms with Gasteiger partial charge in [0, 0.05) is 17.0 Å². The zero-order chi connectivity index (χ0) is 14.8. The van der Waals surface area contributed by atoms with Crippen molar-refractivity contribution in [1.29, 1.82) is 0 Å². The van der Waals surface area contributed by atoms with E-state index in [4.69, 9.17) is 34.0 Å². The number of carboxylic acid groups (broad SMARTS) is 1. The van der Waals surface area contributed by atoms with Crippen molar-refractivity contribution in [3.8, 4) is 0 Å². The van der Waals surface area contributed by atoms with E-state index >= 15 is 0 Å². The predicted molar refractivity (Wildman–Crippen MR) is 74.9 cm³/mol. The topological polar surface area (TPSA) is 92.4 Å². The first-order chi connectivity index (χ1) is 8.60. The van der Waals surface area contributed by atoms with Crippen molar-refractivity contribution < 1.29 is 14.7 Å². The highest BCUT2D eigenvalue weighted by Crippen LogP contribution is 2.30. The molecule has 0 spiro atoms. The number of carboxylic acids is 1. The molecule has 0 atom stereocenters. The van der Waals surface area contributed by atoms with E-state index < -0.39 is 17.4 Å². The molecule has 0 aromatic heterocycles. The van der Waals surface area contributed by atoms with Gasteiger partial charge in [-0.05, 0) is 26.0 Å². The van der Waals surface area contributed by atoms with Gasteiger partial charge in [0.25, 0.3) is 0 Å². The second-order valence-electron chi connectivity index (χ2n) is 4.83. The molecule has 104 valence electrons. The van der Waals surface area contributed by atoms with Gasteiger partial charge in [-0.3, -0.25) is 4.79 Å². The van der Waals surface area contributed by atoms with E-state index in [1.807, 2.05) is 0 Å². The van der Waals surface area contributed by atoms with Crippen molar-refractivity contribution in [3.63, 3.8) is 0 Å². The van der Waals surface area contributed by atoms with Gasteiger partial charge in [0.2, 0.25) is 5.91 Å². The van der Waals surface area contributed by atoms with Crippen LogP contribution in [0, 0.1) is 0 Å². The van der Waals surface area contributed by atoms with Gasteiger partial charge in [0.05, 0.1) is 16.3 Å². The fourth-order valence-corrected chi connectivity index (χ4v) is 2.01. The van der Waals surface area contributed by atoms with Crippen LogP contribution in [-0.2, 0) is 4.79 Å². The number of hydrogen-bond acceptors (Lipinski definition) is 3. The van der Waals surface area contributed by atoms with Crippen molar-refractivity contribution >= 4 is 40.8 Å². The summed E-state index contributed by atoms with van der Waals surface area (Å²) in [6.07, 6.45) is 0.0328. The highest BCUT2D eigenvalue weighted by atomic mass is 35.5. The van der Waals surface area contributed by atoms with Crippen molar-refractivity contribution in [2.45, 2.75) is 25.8 Å². The molecule has 1 amide bonds. The van der Waals surface area contributed by atoms with E-state index in [-0.39, 0.29) is 27.7 Å². The van der Waals surface area contributed by atoms with Crippen molar-refractivity contribution in [3.05, 3.63) is 27.7 Å². The van der Waals surface area contributed by atoms with Gasteiger partial charge < -0.3 is 16.2 Å². The molecule has 0 aliphatic carbocycles. The molecule has 0 saturated carbocycles. The first kappa shape index (κ1) is 15.8. The number of aromatic carboxylic acids is 1. The minimum absolute atomic E-state index is 0.0211. The zero-order valence-corrected chi connectivity index (χ0v) is 12.0. The summed E-state index contributed by atoms with van der Waals surface area (Å²) in [5, 5.41) is 11.8. The van der Waals surface area contributed by atoms with E-state index in [0.29, 0.717) is 0 Å². The third-order valence-electron chi connectivity index (χ3n) is 2.17. The third-order valence-corrected chi connectivity index (χ3v) is 2.68. The van der Waals surface area contributed by atoms with Crippen molar-refractivity contribution in [2.24, 2.45) is 5.73 Å². The Kier molecular flexibility index (Phi) is 4.79. The second kappa shape index (κ2) is 5.77. The molecule has 19 heavy (non-hydrogen) atoms. The monoisotopic (exact) mass is 304 g/mol. The molecule has 0 heterocycles. The summed E-state index contributed by atoms with van der Waals surface area (Å²) in [6.45, 7) is 3.38. The molecule has 4 N–H and O–H groups in total. The van der Waals surface area contributed by atoms with Gasteiger partial charge in [-0.2, -0.15) is 0 Å². The molecule has 0 unspecified atom stereocenters. The third kappa shape index (κ3) is 4.70. The van der Waals surface area contributed by atoms with Crippen molar-refractivity contribution in [1.82, 2.24) is 0 Å². The molecule has 0 aliphatic heterocycles. The van der Waals surface area contributed by atoms with Crippen LogP contribution < -0.4 is 11.1 Å². The number of anilines is 1. The van der Waals surface area contributed by atoms with Gasteiger partial charge in [-0.1, -0.05) is 23.2 Å². The maximum absolute atomic E-state index is 11.8. The number of rotatable bonds is 4. The molecule has 0 fully saturated rings. The van der Waals surface area contributed by atoms with Gasteiger partial charge in [0.15, 0.2) is 0 Å². The summed E-state index contributed by atoms with van der Waals surface area (Å²) in [7, 11) is 0. The lowest BCUT2D eigenvalue weighted by molar-refractivity contribution is -0.117. The van der Waals surface area contributed by atoms with Gasteiger partial charge >= 0.3 is 5.97 Å². The van der Waals surface area contributed by atoms with Crippen LogP contribution in [-0.4, -0.2) is 22.5 Å². The van der Waals surface area contributed by atoms with Gasteiger partial charge in [-0.25, -0.2) is 4.79 Å². The molecule has 0 saturated heterocycles. The van der Waals surface area contributed by atoms with Crippen LogP contribution in [0.3, 0.4) is 0 Å². The smallest absolute Gasteiger partial charge is 0.337 e. The number of hydrogen-bond donors (Lipinski definition) is 3. The Morgan fingerprint density at radius 3 is 2.42 bits per heavy atom. The number of carbonyl (C=O) groups is 2. The Labute approximate surface area is 120 Å². The van der Waals surface area contributed by atoms with Crippen LogP contribution in [0.25, 0.3) is 0 Å². The number of nitrogens with two attached hydrogens (primary N) is 1. The first-order valence-electron chi connectivity index (χ1n) is 5.41. The van der Waals surface area contributed by atoms with Gasteiger partial charge in [-0.15, -0.1) is 0 Å². The van der Waals surface area contributed by atoms with E-state index in [1.54, 1.807) is 13.8 Å². The predicted octanol–water partition coefficient (Wildman–Crippen LogP) is 2.76. The average Bonchev–Trinajstić information content (AvgIpc) is 2.18. The van der Waals surface area contributed by atoms with E-state index in [1.165, 1.54) is 12.1 Å². The summed E-state index contributed by atoms with van der Waals surface area (Å²) in [6, 6.07) is 2.58. The number of benzene rings is 1. The SMILES string of the molecule is CC(C)(N)CC(=O)Nc1c(Cl)cc(Cl)cc1C(=O)O. The summed E-state index contributed by atoms with van der Waals surface area (Å²) >= 11 is 11.6. The lowest BCUT2D eigenvalue weighted by Gasteiger charge is -2.18. The molecule has 7 heteroatoms. The van der Waals surface area contributed by atoms with Crippen LogP contribution in [0.2, 0.25) is 10.0 Å². The highest BCUT2D eigenvalue weighted by Gasteiger charge is 2.21. The Morgan fingerprint density at radius 1 is 1.37 bits per heavy atom. The highest BCUT2D eigenvalue weighted by molar-refractivity contribution is 6.37. The summed E-state index contributed by atoms with van der Waals surface area (Å²) in [5.41, 5.74) is 4.87. The molecule has 0 bridgehead atoms. The lowest BCUT2D eigenvalue weighted by atomic mass is 10.0. The second-order valence-corrected chi connectivity index (χ2v) is 5.67. The van der Waals surface area contributed by atoms with E-state index in [0.717, 1.165) is 0 Å². The number of amides is 1. The van der Waals surface area contributed by atoms with Crippen molar-refractivity contribution in [2.75, 3.05) is 5.32 Å². The molecule has 0 radical (unpaired) electrons. The lowest BCUT2D eigenvalue weighted by Crippen LogP contribution is -2.36. The molecule has 1 rings (SSSR count).